The molecule has 0 unspecified atom stereocenters. The van der Waals surface area contributed by atoms with Gasteiger partial charge in [0.1, 0.15) is 5.69 Å². The summed E-state index contributed by atoms with van der Waals surface area (Å²) in [6.45, 7) is 1.18. The van der Waals surface area contributed by atoms with Crippen molar-refractivity contribution in [3.8, 4) is 11.3 Å². The normalized spacial score (nSPS) is 22.4. The number of ether oxygens (including phenoxy) is 1. The first-order valence-corrected chi connectivity index (χ1v) is 8.58. The number of carbonyl (C=O) groups is 1. The van der Waals surface area contributed by atoms with Gasteiger partial charge in [-0.1, -0.05) is 12.1 Å². The van der Waals surface area contributed by atoms with Crippen LogP contribution in [0.3, 0.4) is 0 Å². The van der Waals surface area contributed by atoms with Crippen LogP contribution in [0.4, 0.5) is 23.7 Å². The Bertz CT molecular complexity index is 808. The molecular formula is C16H14F3N3O2S. The largest absolute Gasteiger partial charge is 0.416 e. The quantitative estimate of drug-likeness (QED) is 0.875. The molecule has 2 saturated heterocycles. The van der Waals surface area contributed by atoms with Crippen LogP contribution < -0.4 is 5.32 Å². The van der Waals surface area contributed by atoms with E-state index in [2.05, 4.69) is 9.69 Å². The zero-order valence-corrected chi connectivity index (χ0v) is 13.7. The highest BCUT2D eigenvalue weighted by Gasteiger charge is 2.46. The van der Waals surface area contributed by atoms with Gasteiger partial charge in [0.05, 0.1) is 29.9 Å². The summed E-state index contributed by atoms with van der Waals surface area (Å²) in [5.41, 5.74) is 0.321. The molecule has 0 saturated carbocycles. The summed E-state index contributed by atoms with van der Waals surface area (Å²) in [6, 6.07) is 4.73. The van der Waals surface area contributed by atoms with Gasteiger partial charge in [-0.3, -0.25) is 0 Å². The van der Waals surface area contributed by atoms with Gasteiger partial charge in [-0.05, 0) is 30.1 Å². The Hall–Kier alpha value is -2.13. The number of aromatic nitrogens is 1. The van der Waals surface area contributed by atoms with E-state index in [0.717, 1.165) is 30.1 Å². The van der Waals surface area contributed by atoms with Gasteiger partial charge in [0.2, 0.25) is 0 Å². The Kier molecular flexibility index (Phi) is 3.92. The molecule has 2 aliphatic rings. The predicted octanol–water partition coefficient (Wildman–Crippen LogP) is 3.83. The second-order valence-electron chi connectivity index (χ2n) is 6.00. The Morgan fingerprint density at radius 3 is 3.00 bits per heavy atom. The Morgan fingerprint density at radius 2 is 2.24 bits per heavy atom. The van der Waals surface area contributed by atoms with Crippen LogP contribution in [0.15, 0.2) is 29.6 Å². The van der Waals surface area contributed by atoms with E-state index < -0.39 is 11.7 Å². The number of urea groups is 1. The molecular weight excluding hydrogens is 355 g/mol. The lowest BCUT2D eigenvalue weighted by molar-refractivity contribution is -0.137. The fourth-order valence-electron chi connectivity index (χ4n) is 3.16. The Balaban J connectivity index is 1.54. The van der Waals surface area contributed by atoms with Crippen LogP contribution in [0.2, 0.25) is 0 Å². The fraction of sp³-hybridized carbons (Fsp3) is 0.375. The molecule has 5 nitrogen and oxygen atoms in total. The first-order valence-electron chi connectivity index (χ1n) is 7.75. The third-order valence-corrected chi connectivity index (χ3v) is 5.12. The standard InChI is InChI=1S/C16H14F3N3O2S/c17-16(18,19)10-3-1-2-9(6-10)14-11(8-25-21-14)20-15(23)22-7-13-12(22)4-5-24-13/h1-3,6,8,12-13H,4-5,7H2,(H,20,23)/t12-,13-/m0/s1. The van der Waals surface area contributed by atoms with Gasteiger partial charge in [-0.25, -0.2) is 4.79 Å². The summed E-state index contributed by atoms with van der Waals surface area (Å²) in [6.07, 6.45) is -3.51. The highest BCUT2D eigenvalue weighted by atomic mass is 32.1. The monoisotopic (exact) mass is 369 g/mol. The minimum absolute atomic E-state index is 0.0867. The van der Waals surface area contributed by atoms with Gasteiger partial charge < -0.3 is 15.0 Å². The number of hydrogen-bond acceptors (Lipinski definition) is 4. The van der Waals surface area contributed by atoms with E-state index in [1.54, 1.807) is 16.3 Å². The van der Waals surface area contributed by atoms with Crippen molar-refractivity contribution in [2.24, 2.45) is 0 Å². The van der Waals surface area contributed by atoms with Crippen molar-refractivity contribution >= 4 is 23.3 Å². The third-order valence-electron chi connectivity index (χ3n) is 4.49. The Morgan fingerprint density at radius 1 is 1.40 bits per heavy atom. The number of nitrogens with zero attached hydrogens (tertiary/aromatic N) is 2. The summed E-state index contributed by atoms with van der Waals surface area (Å²) < 4.78 is 48.3. The van der Waals surface area contributed by atoms with Gasteiger partial charge in [-0.15, -0.1) is 0 Å². The number of alkyl halides is 3. The first kappa shape index (κ1) is 16.3. The second kappa shape index (κ2) is 5.99. The number of amides is 2. The highest BCUT2D eigenvalue weighted by molar-refractivity contribution is 7.04. The molecule has 1 aromatic carbocycles. The lowest BCUT2D eigenvalue weighted by atomic mass is 10.00. The smallest absolute Gasteiger partial charge is 0.374 e. The van der Waals surface area contributed by atoms with Crippen LogP contribution in [0.25, 0.3) is 11.3 Å². The Labute approximate surface area is 145 Å². The van der Waals surface area contributed by atoms with Crippen LogP contribution in [-0.4, -0.2) is 40.6 Å². The number of carbonyl (C=O) groups excluding carboxylic acids is 1. The molecule has 132 valence electrons. The number of anilines is 1. The summed E-state index contributed by atoms with van der Waals surface area (Å²) in [5, 5.41) is 4.38. The molecule has 1 aromatic heterocycles. The van der Waals surface area contributed by atoms with Crippen molar-refractivity contribution < 1.29 is 22.7 Å². The molecule has 0 radical (unpaired) electrons. The fourth-order valence-corrected chi connectivity index (χ4v) is 3.79. The summed E-state index contributed by atoms with van der Waals surface area (Å²) >= 11 is 1.08. The molecule has 2 aromatic rings. The molecule has 9 heteroatoms. The zero-order chi connectivity index (χ0) is 17.6. The molecule has 0 bridgehead atoms. The van der Waals surface area contributed by atoms with Crippen molar-refractivity contribution in [1.29, 1.82) is 0 Å². The van der Waals surface area contributed by atoms with Crippen molar-refractivity contribution in [3.05, 3.63) is 35.2 Å². The number of fused-ring (bicyclic) bond motifs is 1. The summed E-state index contributed by atoms with van der Waals surface area (Å²) in [5.74, 6) is 0. The van der Waals surface area contributed by atoms with Crippen molar-refractivity contribution in [2.45, 2.75) is 24.7 Å². The molecule has 2 aliphatic heterocycles. The second-order valence-corrected chi connectivity index (χ2v) is 6.63. The third kappa shape index (κ3) is 2.98. The number of nitrogens with one attached hydrogen (secondary N) is 1. The number of halogens is 3. The molecule has 3 heterocycles. The minimum atomic E-state index is -4.43. The molecule has 0 aliphatic carbocycles. The maximum atomic E-state index is 12.9. The topological polar surface area (TPSA) is 54.5 Å². The van der Waals surface area contributed by atoms with Crippen molar-refractivity contribution in [1.82, 2.24) is 9.27 Å². The maximum Gasteiger partial charge on any atom is 0.416 e. The average molecular weight is 369 g/mol. The number of rotatable bonds is 2. The van der Waals surface area contributed by atoms with Gasteiger partial charge in [0.15, 0.2) is 0 Å². The maximum absolute atomic E-state index is 12.9. The van der Waals surface area contributed by atoms with Crippen LogP contribution in [-0.2, 0) is 10.9 Å². The van der Waals surface area contributed by atoms with Crippen LogP contribution in [0, 0.1) is 0 Å². The van der Waals surface area contributed by atoms with Gasteiger partial charge >= 0.3 is 12.2 Å². The summed E-state index contributed by atoms with van der Waals surface area (Å²) in [4.78, 5) is 14.1. The van der Waals surface area contributed by atoms with E-state index in [1.165, 1.54) is 6.07 Å². The van der Waals surface area contributed by atoms with Gasteiger partial charge in [-0.2, -0.15) is 17.5 Å². The van der Waals surface area contributed by atoms with Crippen LogP contribution >= 0.6 is 11.5 Å². The molecule has 0 spiro atoms. The first-order chi connectivity index (χ1) is 11.9. The zero-order valence-electron chi connectivity index (χ0n) is 12.9. The number of benzene rings is 1. The molecule has 2 amide bonds. The lowest BCUT2D eigenvalue weighted by Crippen LogP contribution is -2.61. The predicted molar refractivity (Wildman–Crippen MR) is 86.4 cm³/mol. The van der Waals surface area contributed by atoms with E-state index in [1.807, 2.05) is 0 Å². The van der Waals surface area contributed by atoms with Crippen molar-refractivity contribution in [3.63, 3.8) is 0 Å². The van der Waals surface area contributed by atoms with Crippen LogP contribution in [0.1, 0.15) is 12.0 Å². The lowest BCUT2D eigenvalue weighted by Gasteiger charge is -2.42. The number of likely N-dealkylation sites (tertiary alicyclic amines) is 1. The van der Waals surface area contributed by atoms with E-state index in [-0.39, 0.29) is 18.2 Å². The van der Waals surface area contributed by atoms with E-state index in [9.17, 15) is 18.0 Å². The average Bonchev–Trinajstić information content (AvgIpc) is 3.14. The molecule has 25 heavy (non-hydrogen) atoms. The highest BCUT2D eigenvalue weighted by Crippen LogP contribution is 2.35. The van der Waals surface area contributed by atoms with E-state index >= 15 is 0 Å². The van der Waals surface area contributed by atoms with Gasteiger partial charge in [0.25, 0.3) is 0 Å². The number of hydrogen-bond donors (Lipinski definition) is 1. The van der Waals surface area contributed by atoms with E-state index in [0.29, 0.717) is 30.1 Å². The molecule has 2 atom stereocenters. The molecule has 2 fully saturated rings. The van der Waals surface area contributed by atoms with Crippen molar-refractivity contribution in [2.75, 3.05) is 18.5 Å². The minimum Gasteiger partial charge on any atom is -0.374 e. The van der Waals surface area contributed by atoms with Crippen LogP contribution in [0.5, 0.6) is 0 Å². The van der Waals surface area contributed by atoms with E-state index in [4.69, 9.17) is 4.74 Å². The SMILES string of the molecule is O=C(Nc1csnc1-c1cccc(C(F)(F)F)c1)N1C[C@@H]2OCC[C@@H]21. The van der Waals surface area contributed by atoms with Gasteiger partial charge in [0, 0.05) is 17.6 Å². The summed E-state index contributed by atoms with van der Waals surface area (Å²) in [7, 11) is 0. The molecule has 1 N–H and O–H groups in total. The molecule has 4 rings (SSSR count).